The molecule has 2 N–H and O–H groups in total. The van der Waals surface area contributed by atoms with Crippen molar-refractivity contribution in [2.45, 2.75) is 19.3 Å². The standard InChI is InChI=1S/C58H39N3O3/c1-34-23-26-44(58-60-56(36-15-6-3-7-16-36)59-57(61-58)40-18-12-17-37(29-40)35-13-4-2-5-14-35)53-48-33-41(38-24-27-51-46(30-38)42-19-8-10-21-49(42)62-51)32-45(55(48)64-54(34)53)39-25-28-52-47(31-39)43-20-9-11-22-50(43)63-52/h2-33,56-57,59H,1H3,(H,60,61). The summed E-state index contributed by atoms with van der Waals surface area (Å²) in [4.78, 5) is 5.51. The Morgan fingerprint density at radius 2 is 1.00 bits per heavy atom. The van der Waals surface area contributed by atoms with Crippen molar-refractivity contribution in [3.63, 3.8) is 0 Å². The van der Waals surface area contributed by atoms with Crippen LogP contribution in [0.15, 0.2) is 212 Å². The van der Waals surface area contributed by atoms with E-state index in [1.807, 2.05) is 24.3 Å². The van der Waals surface area contributed by atoms with Gasteiger partial charge in [-0.1, -0.05) is 140 Å². The summed E-state index contributed by atoms with van der Waals surface area (Å²) in [6.45, 7) is 2.12. The number of aliphatic imine (C=N–C) groups is 1. The van der Waals surface area contributed by atoms with Gasteiger partial charge in [0, 0.05) is 43.4 Å². The zero-order chi connectivity index (χ0) is 42.3. The molecule has 6 heteroatoms. The topological polar surface area (TPSA) is 75.8 Å². The van der Waals surface area contributed by atoms with Crippen molar-refractivity contribution >= 4 is 71.7 Å². The summed E-state index contributed by atoms with van der Waals surface area (Å²) in [6, 6.07) is 68.1. The Morgan fingerprint density at radius 1 is 0.406 bits per heavy atom. The molecule has 0 aliphatic carbocycles. The van der Waals surface area contributed by atoms with Crippen molar-refractivity contribution in [3.05, 3.63) is 216 Å². The number of benzene rings is 9. The second-order valence-electron chi connectivity index (χ2n) is 16.8. The van der Waals surface area contributed by atoms with Crippen molar-refractivity contribution in [1.29, 1.82) is 0 Å². The second-order valence-corrected chi connectivity index (χ2v) is 16.8. The highest BCUT2D eigenvalue weighted by atomic mass is 16.3. The average Bonchev–Trinajstić information content (AvgIpc) is 4.06. The highest BCUT2D eigenvalue weighted by Gasteiger charge is 2.29. The minimum Gasteiger partial charge on any atom is -0.456 e. The van der Waals surface area contributed by atoms with Gasteiger partial charge in [-0.2, -0.15) is 0 Å². The van der Waals surface area contributed by atoms with E-state index in [0.717, 1.165) is 122 Å². The average molecular weight is 826 g/mol. The number of amidine groups is 1. The van der Waals surface area contributed by atoms with Crippen LogP contribution in [0.2, 0.25) is 0 Å². The van der Waals surface area contributed by atoms with E-state index < -0.39 is 0 Å². The quantitative estimate of drug-likeness (QED) is 0.175. The van der Waals surface area contributed by atoms with Crippen molar-refractivity contribution in [3.8, 4) is 33.4 Å². The molecule has 0 radical (unpaired) electrons. The lowest BCUT2D eigenvalue weighted by Gasteiger charge is -2.32. The first-order chi connectivity index (χ1) is 31.6. The van der Waals surface area contributed by atoms with Gasteiger partial charge in [0.1, 0.15) is 51.7 Å². The summed E-state index contributed by atoms with van der Waals surface area (Å²) >= 11 is 0. The van der Waals surface area contributed by atoms with Gasteiger partial charge in [0.05, 0.1) is 0 Å². The first-order valence-electron chi connectivity index (χ1n) is 21.7. The number of fused-ring (bicyclic) bond motifs is 9. The van der Waals surface area contributed by atoms with E-state index in [2.05, 4.69) is 187 Å². The van der Waals surface area contributed by atoms with Crippen LogP contribution in [0.5, 0.6) is 0 Å². The zero-order valence-corrected chi connectivity index (χ0v) is 34.8. The molecule has 12 aromatic rings. The minimum absolute atomic E-state index is 0.215. The summed E-state index contributed by atoms with van der Waals surface area (Å²) < 4.78 is 19.7. The predicted octanol–water partition coefficient (Wildman–Crippen LogP) is 15.0. The molecule has 4 heterocycles. The first kappa shape index (κ1) is 36.5. The molecule has 13 rings (SSSR count). The molecule has 2 atom stereocenters. The fourth-order valence-electron chi connectivity index (χ4n) is 9.69. The van der Waals surface area contributed by atoms with Gasteiger partial charge in [-0.3, -0.25) is 5.32 Å². The van der Waals surface area contributed by atoms with E-state index >= 15 is 0 Å². The molecule has 1 aliphatic heterocycles. The van der Waals surface area contributed by atoms with Crippen LogP contribution in [0.3, 0.4) is 0 Å². The van der Waals surface area contributed by atoms with Crippen LogP contribution in [0.1, 0.15) is 34.6 Å². The van der Waals surface area contributed by atoms with Crippen molar-refractivity contribution in [2.24, 2.45) is 4.99 Å². The first-order valence-corrected chi connectivity index (χ1v) is 21.7. The highest BCUT2D eigenvalue weighted by Crippen LogP contribution is 2.44. The number of nitrogens with zero attached hydrogens (tertiary/aromatic N) is 1. The number of furan rings is 3. The largest absolute Gasteiger partial charge is 0.456 e. The number of hydrogen-bond donors (Lipinski definition) is 2. The van der Waals surface area contributed by atoms with Gasteiger partial charge in [-0.05, 0) is 106 Å². The third-order valence-electron chi connectivity index (χ3n) is 12.9. The van der Waals surface area contributed by atoms with Crippen LogP contribution in [0, 0.1) is 6.92 Å². The van der Waals surface area contributed by atoms with Crippen LogP contribution >= 0.6 is 0 Å². The van der Waals surface area contributed by atoms with Crippen LogP contribution in [0.4, 0.5) is 0 Å². The number of rotatable bonds is 6. The number of hydrogen-bond acceptors (Lipinski definition) is 6. The molecule has 304 valence electrons. The Bertz CT molecular complexity index is 3820. The molecule has 9 aromatic carbocycles. The molecule has 6 nitrogen and oxygen atoms in total. The van der Waals surface area contributed by atoms with Gasteiger partial charge >= 0.3 is 0 Å². The number of para-hydroxylation sites is 2. The lowest BCUT2D eigenvalue weighted by atomic mass is 9.93. The Hall–Kier alpha value is -8.19. The van der Waals surface area contributed by atoms with Gasteiger partial charge in [-0.25, -0.2) is 4.99 Å². The Kier molecular flexibility index (Phi) is 8.23. The smallest absolute Gasteiger partial charge is 0.143 e. The molecule has 1 aliphatic rings. The molecule has 0 fully saturated rings. The molecule has 0 saturated heterocycles. The van der Waals surface area contributed by atoms with E-state index in [4.69, 9.17) is 18.2 Å². The van der Waals surface area contributed by atoms with Gasteiger partial charge in [-0.15, -0.1) is 0 Å². The molecule has 2 unspecified atom stereocenters. The summed E-state index contributed by atoms with van der Waals surface area (Å²) in [5.41, 5.74) is 15.8. The molecule has 3 aromatic heterocycles. The lowest BCUT2D eigenvalue weighted by molar-refractivity contribution is 0.409. The predicted molar refractivity (Wildman–Crippen MR) is 260 cm³/mol. The van der Waals surface area contributed by atoms with Gasteiger partial charge < -0.3 is 18.6 Å². The van der Waals surface area contributed by atoms with Gasteiger partial charge in [0.15, 0.2) is 0 Å². The third kappa shape index (κ3) is 5.95. The summed E-state index contributed by atoms with van der Waals surface area (Å²) in [5, 5.41) is 14.0. The molecule has 0 spiro atoms. The van der Waals surface area contributed by atoms with Gasteiger partial charge in [0.25, 0.3) is 0 Å². The summed E-state index contributed by atoms with van der Waals surface area (Å²) in [5.74, 6) is 0.792. The third-order valence-corrected chi connectivity index (χ3v) is 12.9. The maximum Gasteiger partial charge on any atom is 0.143 e. The van der Waals surface area contributed by atoms with E-state index in [1.165, 1.54) is 5.56 Å². The molecular weight excluding hydrogens is 787 g/mol. The van der Waals surface area contributed by atoms with E-state index in [1.54, 1.807) is 0 Å². The van der Waals surface area contributed by atoms with E-state index in [0.29, 0.717) is 0 Å². The van der Waals surface area contributed by atoms with E-state index in [9.17, 15) is 0 Å². The normalized spacial score (nSPS) is 15.4. The Balaban J connectivity index is 1.05. The SMILES string of the molecule is Cc1ccc(C2=NC(c3cccc(-c4ccccc4)c3)NC(c3ccccc3)N2)c2c1oc1c(-c3ccc4oc5ccccc5c4c3)cc(-c3ccc4oc5ccccc5c4c3)cc12. The minimum atomic E-state index is -0.334. The van der Waals surface area contributed by atoms with Crippen molar-refractivity contribution < 1.29 is 13.3 Å². The fraction of sp³-hybridized carbons (Fsp3) is 0.0517. The number of aryl methyl sites for hydroxylation is 1. The van der Waals surface area contributed by atoms with Crippen molar-refractivity contribution in [1.82, 2.24) is 10.6 Å². The number of nitrogens with one attached hydrogen (secondary N) is 2. The monoisotopic (exact) mass is 825 g/mol. The van der Waals surface area contributed by atoms with Crippen LogP contribution in [-0.2, 0) is 0 Å². The van der Waals surface area contributed by atoms with Crippen LogP contribution in [0.25, 0.3) is 99.2 Å². The molecule has 0 bridgehead atoms. The molecule has 0 saturated carbocycles. The lowest BCUT2D eigenvalue weighted by Crippen LogP contribution is -2.45. The highest BCUT2D eigenvalue weighted by molar-refractivity contribution is 6.21. The maximum absolute atomic E-state index is 7.14. The summed E-state index contributed by atoms with van der Waals surface area (Å²) in [6.07, 6.45) is -0.550. The Labute approximate surface area is 368 Å². The van der Waals surface area contributed by atoms with Crippen LogP contribution < -0.4 is 10.6 Å². The van der Waals surface area contributed by atoms with Crippen LogP contribution in [-0.4, -0.2) is 5.84 Å². The fourth-order valence-corrected chi connectivity index (χ4v) is 9.69. The Morgan fingerprint density at radius 3 is 1.75 bits per heavy atom. The van der Waals surface area contributed by atoms with Crippen molar-refractivity contribution in [2.75, 3.05) is 0 Å². The second kappa shape index (κ2) is 14.4. The molecule has 0 amide bonds. The zero-order valence-electron chi connectivity index (χ0n) is 34.8. The van der Waals surface area contributed by atoms with Gasteiger partial charge in [0.2, 0.25) is 0 Å². The maximum atomic E-state index is 7.14. The molecule has 64 heavy (non-hydrogen) atoms. The summed E-state index contributed by atoms with van der Waals surface area (Å²) in [7, 11) is 0. The van der Waals surface area contributed by atoms with E-state index in [-0.39, 0.29) is 12.3 Å². The molecular formula is C58H39N3O3.